The van der Waals surface area contributed by atoms with Gasteiger partial charge >= 0.3 is 0 Å². The summed E-state index contributed by atoms with van der Waals surface area (Å²) in [5.74, 6) is 1.30. The van der Waals surface area contributed by atoms with Crippen molar-refractivity contribution in [2.75, 3.05) is 7.11 Å². The SMILES string of the molecule is CCCCC1Cc2ccc(OC)cc2C1=O. The highest BCUT2D eigenvalue weighted by Gasteiger charge is 2.29. The summed E-state index contributed by atoms with van der Waals surface area (Å²) in [6.07, 6.45) is 4.23. The molecule has 0 fully saturated rings. The van der Waals surface area contributed by atoms with Crippen LogP contribution in [0.15, 0.2) is 18.2 Å². The molecule has 1 aromatic carbocycles. The van der Waals surface area contributed by atoms with Crippen molar-refractivity contribution >= 4 is 5.78 Å². The van der Waals surface area contributed by atoms with Gasteiger partial charge in [-0.3, -0.25) is 4.79 Å². The lowest BCUT2D eigenvalue weighted by molar-refractivity contribution is 0.0929. The van der Waals surface area contributed by atoms with Crippen molar-refractivity contribution in [3.05, 3.63) is 29.3 Å². The number of hydrogen-bond donors (Lipinski definition) is 0. The number of ketones is 1. The number of fused-ring (bicyclic) bond motifs is 1. The first-order chi connectivity index (χ1) is 7.76. The number of hydrogen-bond acceptors (Lipinski definition) is 2. The minimum Gasteiger partial charge on any atom is -0.497 e. The van der Waals surface area contributed by atoms with Crippen LogP contribution in [0.25, 0.3) is 0 Å². The summed E-state index contributed by atoms with van der Waals surface area (Å²) in [4.78, 5) is 12.1. The predicted molar refractivity (Wildman–Crippen MR) is 64.0 cm³/mol. The molecule has 2 heteroatoms. The van der Waals surface area contributed by atoms with E-state index in [1.807, 2.05) is 18.2 Å². The van der Waals surface area contributed by atoms with Gasteiger partial charge in [0, 0.05) is 11.5 Å². The molecule has 0 saturated heterocycles. The smallest absolute Gasteiger partial charge is 0.166 e. The summed E-state index contributed by atoms with van der Waals surface area (Å²) in [6.45, 7) is 2.16. The van der Waals surface area contributed by atoms with Crippen molar-refractivity contribution in [3.8, 4) is 5.75 Å². The van der Waals surface area contributed by atoms with Crippen molar-refractivity contribution in [2.45, 2.75) is 32.6 Å². The summed E-state index contributed by atoms with van der Waals surface area (Å²) < 4.78 is 5.15. The van der Waals surface area contributed by atoms with Crippen LogP contribution in [0.2, 0.25) is 0 Å². The van der Waals surface area contributed by atoms with Crippen LogP contribution >= 0.6 is 0 Å². The van der Waals surface area contributed by atoms with Gasteiger partial charge in [0.15, 0.2) is 5.78 Å². The summed E-state index contributed by atoms with van der Waals surface area (Å²) in [5, 5.41) is 0. The van der Waals surface area contributed by atoms with Crippen molar-refractivity contribution in [2.24, 2.45) is 5.92 Å². The van der Waals surface area contributed by atoms with E-state index in [1.165, 1.54) is 5.56 Å². The molecule has 0 saturated carbocycles. The third-order valence-electron chi connectivity index (χ3n) is 3.33. The number of carbonyl (C=O) groups excluding carboxylic acids is 1. The van der Waals surface area contributed by atoms with Gasteiger partial charge in [0.05, 0.1) is 7.11 Å². The summed E-state index contributed by atoms with van der Waals surface area (Å²) in [6, 6.07) is 5.84. The second-order valence-electron chi connectivity index (χ2n) is 4.43. The summed E-state index contributed by atoms with van der Waals surface area (Å²) >= 11 is 0. The lowest BCUT2D eigenvalue weighted by Gasteiger charge is -2.05. The van der Waals surface area contributed by atoms with E-state index >= 15 is 0 Å². The molecule has 16 heavy (non-hydrogen) atoms. The molecule has 2 rings (SSSR count). The maximum absolute atomic E-state index is 12.1. The minimum absolute atomic E-state index is 0.210. The van der Waals surface area contributed by atoms with Gasteiger partial charge in [-0.25, -0.2) is 0 Å². The van der Waals surface area contributed by atoms with Crippen LogP contribution in [-0.2, 0) is 6.42 Å². The fraction of sp³-hybridized carbons (Fsp3) is 0.500. The molecule has 0 aliphatic heterocycles. The highest BCUT2D eigenvalue weighted by atomic mass is 16.5. The first kappa shape index (κ1) is 11.2. The van der Waals surface area contributed by atoms with Gasteiger partial charge in [0.2, 0.25) is 0 Å². The molecule has 0 aromatic heterocycles. The van der Waals surface area contributed by atoms with Crippen LogP contribution in [0.4, 0.5) is 0 Å². The van der Waals surface area contributed by atoms with Crippen molar-refractivity contribution in [1.82, 2.24) is 0 Å². The second-order valence-corrected chi connectivity index (χ2v) is 4.43. The molecule has 1 aliphatic rings. The molecule has 86 valence electrons. The highest BCUT2D eigenvalue weighted by molar-refractivity contribution is 6.02. The number of rotatable bonds is 4. The molecule has 2 nitrogen and oxygen atoms in total. The Morgan fingerprint density at radius 2 is 2.25 bits per heavy atom. The molecule has 1 aliphatic carbocycles. The zero-order chi connectivity index (χ0) is 11.5. The minimum atomic E-state index is 0.210. The number of benzene rings is 1. The number of Topliss-reactive ketones (excluding diaryl/α,β-unsaturated/α-hetero) is 1. The van der Waals surface area contributed by atoms with E-state index in [1.54, 1.807) is 7.11 Å². The van der Waals surface area contributed by atoms with Crippen molar-refractivity contribution in [3.63, 3.8) is 0 Å². The van der Waals surface area contributed by atoms with Gasteiger partial charge < -0.3 is 4.74 Å². The van der Waals surface area contributed by atoms with Gasteiger partial charge in [-0.1, -0.05) is 25.8 Å². The van der Waals surface area contributed by atoms with Crippen LogP contribution in [0.1, 0.15) is 42.1 Å². The van der Waals surface area contributed by atoms with Crippen molar-refractivity contribution < 1.29 is 9.53 Å². The molecule has 1 aromatic rings. The highest BCUT2D eigenvalue weighted by Crippen LogP contribution is 2.32. The Bertz CT molecular complexity index is 396. The number of unbranched alkanes of at least 4 members (excludes halogenated alkanes) is 1. The molecular weight excluding hydrogens is 200 g/mol. The first-order valence-corrected chi connectivity index (χ1v) is 5.97. The Hall–Kier alpha value is -1.31. The molecule has 0 bridgehead atoms. The number of carbonyl (C=O) groups is 1. The fourth-order valence-electron chi connectivity index (χ4n) is 2.35. The average Bonchev–Trinajstić information content (AvgIpc) is 2.63. The third kappa shape index (κ3) is 1.97. The normalized spacial score (nSPS) is 18.6. The number of ether oxygens (including phenoxy) is 1. The molecule has 0 spiro atoms. The van der Waals surface area contributed by atoms with Gasteiger partial charge in [-0.15, -0.1) is 0 Å². The van der Waals surface area contributed by atoms with Crippen LogP contribution in [0, 0.1) is 5.92 Å². The molecular formula is C14H18O2. The van der Waals surface area contributed by atoms with Crippen LogP contribution in [0.5, 0.6) is 5.75 Å². The van der Waals surface area contributed by atoms with E-state index in [4.69, 9.17) is 4.74 Å². The summed E-state index contributed by atoms with van der Waals surface area (Å²) in [7, 11) is 1.63. The van der Waals surface area contributed by atoms with E-state index < -0.39 is 0 Å². The van der Waals surface area contributed by atoms with Crippen LogP contribution in [0.3, 0.4) is 0 Å². The van der Waals surface area contributed by atoms with E-state index in [9.17, 15) is 4.79 Å². The molecule has 0 N–H and O–H groups in total. The standard InChI is InChI=1S/C14H18O2/c1-3-4-5-11-8-10-6-7-12(16-2)9-13(10)14(11)15/h6-7,9,11H,3-5,8H2,1-2H3. The second kappa shape index (κ2) is 4.69. The molecule has 0 amide bonds. The van der Waals surface area contributed by atoms with Gasteiger partial charge in [-0.05, 0) is 30.5 Å². The Morgan fingerprint density at radius 3 is 2.94 bits per heavy atom. The van der Waals surface area contributed by atoms with Gasteiger partial charge in [0.25, 0.3) is 0 Å². The Balaban J connectivity index is 2.18. The fourth-order valence-corrected chi connectivity index (χ4v) is 2.35. The zero-order valence-corrected chi connectivity index (χ0v) is 9.95. The summed E-state index contributed by atoms with van der Waals surface area (Å²) in [5.41, 5.74) is 2.06. The Kier molecular flexibility index (Phi) is 3.28. The Morgan fingerprint density at radius 1 is 1.44 bits per heavy atom. The third-order valence-corrected chi connectivity index (χ3v) is 3.33. The van der Waals surface area contributed by atoms with E-state index in [0.29, 0.717) is 5.78 Å². The van der Waals surface area contributed by atoms with E-state index in [0.717, 1.165) is 37.0 Å². The largest absolute Gasteiger partial charge is 0.497 e. The van der Waals surface area contributed by atoms with Crippen LogP contribution < -0.4 is 4.74 Å². The zero-order valence-electron chi connectivity index (χ0n) is 9.95. The molecule has 1 unspecified atom stereocenters. The Labute approximate surface area is 96.6 Å². The lowest BCUT2D eigenvalue weighted by Crippen LogP contribution is -2.08. The van der Waals surface area contributed by atoms with Gasteiger partial charge in [-0.2, -0.15) is 0 Å². The van der Waals surface area contributed by atoms with Gasteiger partial charge in [0.1, 0.15) is 5.75 Å². The average molecular weight is 218 g/mol. The van der Waals surface area contributed by atoms with Crippen molar-refractivity contribution in [1.29, 1.82) is 0 Å². The number of methoxy groups -OCH3 is 1. The topological polar surface area (TPSA) is 26.3 Å². The monoisotopic (exact) mass is 218 g/mol. The maximum Gasteiger partial charge on any atom is 0.166 e. The first-order valence-electron chi connectivity index (χ1n) is 5.97. The molecule has 1 atom stereocenters. The lowest BCUT2D eigenvalue weighted by atomic mass is 9.98. The van der Waals surface area contributed by atoms with Crippen LogP contribution in [-0.4, -0.2) is 12.9 Å². The quantitative estimate of drug-likeness (QED) is 0.775. The predicted octanol–water partition coefficient (Wildman–Crippen LogP) is 3.24. The van der Waals surface area contributed by atoms with E-state index in [-0.39, 0.29) is 5.92 Å². The molecule has 0 heterocycles. The maximum atomic E-state index is 12.1. The molecule has 0 radical (unpaired) electrons. The van der Waals surface area contributed by atoms with E-state index in [2.05, 4.69) is 6.92 Å².